The Kier molecular flexibility index (Phi) is 7.37. The number of ether oxygens (including phenoxy) is 2. The van der Waals surface area contributed by atoms with Gasteiger partial charge in [-0.05, 0) is 61.7 Å². The predicted octanol–water partition coefficient (Wildman–Crippen LogP) is 4.99. The molecule has 1 amide bonds. The second kappa shape index (κ2) is 10.3. The number of halogens is 1. The number of hydrogen-bond donors (Lipinski definition) is 0. The van der Waals surface area contributed by atoms with Crippen LogP contribution in [0.3, 0.4) is 0 Å². The number of nitrogens with zero attached hydrogens (tertiary/aromatic N) is 3. The monoisotopic (exact) mass is 515 g/mol. The molecule has 0 saturated carbocycles. The summed E-state index contributed by atoms with van der Waals surface area (Å²) in [5, 5.41) is 0.604. The molecule has 176 valence electrons. The minimum atomic E-state index is -0.348. The van der Waals surface area contributed by atoms with Crippen molar-refractivity contribution >= 4 is 57.5 Å². The van der Waals surface area contributed by atoms with E-state index in [9.17, 15) is 9.59 Å². The number of amides is 1. The molecule has 0 spiro atoms. The maximum Gasteiger partial charge on any atom is 0.269 e. The van der Waals surface area contributed by atoms with Crippen molar-refractivity contribution in [1.82, 2.24) is 14.3 Å². The first kappa shape index (κ1) is 24.4. The molecule has 10 heteroatoms. The first-order chi connectivity index (χ1) is 16.3. The number of carbonyl (C=O) groups is 1. The summed E-state index contributed by atoms with van der Waals surface area (Å²) in [7, 11) is 1.61. The minimum absolute atomic E-state index is 0.102. The number of benzene rings is 1. The molecule has 3 heterocycles. The molecule has 0 aliphatic carbocycles. The number of hydrogen-bond acceptors (Lipinski definition) is 7. The van der Waals surface area contributed by atoms with Crippen molar-refractivity contribution in [2.45, 2.75) is 20.3 Å². The summed E-state index contributed by atoms with van der Waals surface area (Å²) in [6.45, 7) is 4.68. The molecule has 1 aliphatic heterocycles. The lowest BCUT2D eigenvalue weighted by molar-refractivity contribution is -0.122. The van der Waals surface area contributed by atoms with Crippen LogP contribution in [0.4, 0.5) is 0 Å². The molecule has 34 heavy (non-hydrogen) atoms. The van der Waals surface area contributed by atoms with Gasteiger partial charge in [-0.2, -0.15) is 4.98 Å². The predicted molar refractivity (Wildman–Crippen MR) is 139 cm³/mol. The van der Waals surface area contributed by atoms with Crippen molar-refractivity contribution < 1.29 is 14.3 Å². The topological polar surface area (TPSA) is 73.1 Å². The summed E-state index contributed by atoms with van der Waals surface area (Å²) in [4.78, 5) is 33.0. The Bertz CT molecular complexity index is 1390. The van der Waals surface area contributed by atoms with Crippen molar-refractivity contribution in [2.75, 3.05) is 20.3 Å². The average Bonchev–Trinajstić information content (AvgIpc) is 3.07. The highest BCUT2D eigenvalue weighted by Crippen LogP contribution is 2.34. The summed E-state index contributed by atoms with van der Waals surface area (Å²) >= 11 is 12.7. The molecule has 0 radical (unpaired) electrons. The number of rotatable bonds is 7. The molecular weight excluding hydrogens is 494 g/mol. The lowest BCUT2D eigenvalue weighted by Gasteiger charge is -2.13. The molecule has 1 aromatic carbocycles. The minimum Gasteiger partial charge on any atom is -0.438 e. The van der Waals surface area contributed by atoms with Gasteiger partial charge in [0.25, 0.3) is 11.5 Å². The van der Waals surface area contributed by atoms with Crippen LogP contribution in [-0.4, -0.2) is 44.8 Å². The van der Waals surface area contributed by atoms with Crippen molar-refractivity contribution in [3.63, 3.8) is 0 Å². The van der Waals surface area contributed by atoms with Gasteiger partial charge >= 0.3 is 0 Å². The van der Waals surface area contributed by atoms with Crippen LogP contribution in [0, 0.1) is 13.8 Å². The number of carbonyl (C=O) groups excluding carboxylic acids is 1. The third kappa shape index (κ3) is 4.88. The van der Waals surface area contributed by atoms with Gasteiger partial charge < -0.3 is 9.47 Å². The third-order valence-corrected chi connectivity index (χ3v) is 7.07. The Morgan fingerprint density at radius 2 is 2.00 bits per heavy atom. The quantitative estimate of drug-likeness (QED) is 0.249. The van der Waals surface area contributed by atoms with E-state index in [-0.39, 0.29) is 22.9 Å². The maximum absolute atomic E-state index is 13.5. The van der Waals surface area contributed by atoms with E-state index < -0.39 is 0 Å². The number of aryl methyl sites for hydroxylation is 2. The smallest absolute Gasteiger partial charge is 0.269 e. The first-order valence-electron chi connectivity index (χ1n) is 10.5. The van der Waals surface area contributed by atoms with Gasteiger partial charge in [-0.25, -0.2) is 0 Å². The zero-order valence-electron chi connectivity index (χ0n) is 18.8. The Balaban J connectivity index is 1.81. The molecular formula is C24H22ClN3O4S2. The maximum atomic E-state index is 13.5. The lowest BCUT2D eigenvalue weighted by Crippen LogP contribution is -2.29. The van der Waals surface area contributed by atoms with Gasteiger partial charge in [-0.1, -0.05) is 41.6 Å². The fraction of sp³-hybridized carbons (Fsp3) is 0.250. The normalized spacial score (nSPS) is 15.1. The molecule has 1 saturated heterocycles. The van der Waals surface area contributed by atoms with Crippen LogP contribution in [0.15, 0.2) is 46.2 Å². The van der Waals surface area contributed by atoms with E-state index in [4.69, 9.17) is 33.3 Å². The van der Waals surface area contributed by atoms with Gasteiger partial charge in [0.15, 0.2) is 0 Å². The highest BCUT2D eigenvalue weighted by atomic mass is 35.5. The number of methoxy groups -OCH3 is 1. The van der Waals surface area contributed by atoms with E-state index in [0.29, 0.717) is 45.2 Å². The van der Waals surface area contributed by atoms with Crippen LogP contribution >= 0.6 is 35.6 Å². The fourth-order valence-electron chi connectivity index (χ4n) is 3.48. The SMILES string of the molecule is COCCCN1C(=O)/C(=C\c2c(Oc3ccc(Cl)c(C)c3)nc3c(C)cccn3c2=O)SC1=S. The van der Waals surface area contributed by atoms with E-state index in [1.54, 1.807) is 37.6 Å². The third-order valence-electron chi connectivity index (χ3n) is 5.27. The molecule has 3 aromatic rings. The highest BCUT2D eigenvalue weighted by Gasteiger charge is 2.32. The molecule has 0 bridgehead atoms. The Hall–Kier alpha value is -2.72. The number of thiocarbonyl (C=S) groups is 1. The number of aromatic nitrogens is 2. The molecule has 0 N–H and O–H groups in total. The molecule has 4 rings (SSSR count). The van der Waals surface area contributed by atoms with E-state index in [2.05, 4.69) is 4.98 Å². The zero-order valence-corrected chi connectivity index (χ0v) is 21.2. The van der Waals surface area contributed by atoms with Crippen molar-refractivity contribution in [2.24, 2.45) is 0 Å². The summed E-state index contributed by atoms with van der Waals surface area (Å²) in [5.74, 6) is 0.326. The summed E-state index contributed by atoms with van der Waals surface area (Å²) in [6, 6.07) is 8.82. The van der Waals surface area contributed by atoms with E-state index in [1.807, 2.05) is 19.9 Å². The molecule has 1 aliphatic rings. The first-order valence-corrected chi connectivity index (χ1v) is 12.1. The number of fused-ring (bicyclic) bond motifs is 1. The van der Waals surface area contributed by atoms with Gasteiger partial charge in [-0.3, -0.25) is 18.9 Å². The van der Waals surface area contributed by atoms with Crippen LogP contribution in [0.2, 0.25) is 5.02 Å². The zero-order chi connectivity index (χ0) is 24.4. The van der Waals surface area contributed by atoms with Crippen molar-refractivity contribution in [1.29, 1.82) is 0 Å². The molecule has 1 fully saturated rings. The molecule has 0 unspecified atom stereocenters. The number of pyridine rings is 1. The van der Waals surface area contributed by atoms with Gasteiger partial charge in [0, 0.05) is 31.5 Å². The Morgan fingerprint density at radius 1 is 1.21 bits per heavy atom. The Labute approximate surface area is 211 Å². The van der Waals surface area contributed by atoms with Gasteiger partial charge in [0.05, 0.1) is 4.91 Å². The average molecular weight is 516 g/mol. The molecule has 0 atom stereocenters. The highest BCUT2D eigenvalue weighted by molar-refractivity contribution is 8.26. The van der Waals surface area contributed by atoms with Crippen LogP contribution in [0.1, 0.15) is 23.1 Å². The molecule has 2 aromatic heterocycles. The van der Waals surface area contributed by atoms with Crippen LogP contribution in [0.5, 0.6) is 11.6 Å². The van der Waals surface area contributed by atoms with E-state index in [1.165, 1.54) is 15.4 Å². The van der Waals surface area contributed by atoms with Crippen LogP contribution in [-0.2, 0) is 9.53 Å². The summed E-state index contributed by atoms with van der Waals surface area (Å²) in [5.41, 5.74) is 1.92. The van der Waals surface area contributed by atoms with E-state index in [0.717, 1.165) is 22.9 Å². The van der Waals surface area contributed by atoms with Crippen molar-refractivity contribution in [3.05, 3.63) is 73.5 Å². The van der Waals surface area contributed by atoms with Crippen LogP contribution < -0.4 is 10.3 Å². The summed E-state index contributed by atoms with van der Waals surface area (Å²) < 4.78 is 13.0. The lowest BCUT2D eigenvalue weighted by atomic mass is 10.2. The molecule has 7 nitrogen and oxygen atoms in total. The fourth-order valence-corrected chi connectivity index (χ4v) is 4.88. The van der Waals surface area contributed by atoms with Gasteiger partial charge in [0.2, 0.25) is 5.88 Å². The second-order valence-corrected chi connectivity index (χ2v) is 9.80. The largest absolute Gasteiger partial charge is 0.438 e. The van der Waals surface area contributed by atoms with Crippen molar-refractivity contribution in [3.8, 4) is 11.6 Å². The van der Waals surface area contributed by atoms with E-state index >= 15 is 0 Å². The number of thioether (sulfide) groups is 1. The Morgan fingerprint density at radius 3 is 2.74 bits per heavy atom. The van der Waals surface area contributed by atoms with Gasteiger partial charge in [0.1, 0.15) is 21.3 Å². The summed E-state index contributed by atoms with van der Waals surface area (Å²) in [6.07, 6.45) is 3.80. The van der Waals surface area contributed by atoms with Crippen LogP contribution in [0.25, 0.3) is 11.7 Å². The second-order valence-electron chi connectivity index (χ2n) is 7.71. The standard InChI is InChI=1S/C24H22ClN3O4S2/c1-14-6-4-9-27-20(14)26-21(32-16-7-8-18(25)15(2)12-16)17(22(27)29)13-19-23(30)28(24(33)34-19)10-5-11-31-3/h4,6-9,12-13H,5,10-11H2,1-3H3/b19-13+. The van der Waals surface area contributed by atoms with Gasteiger partial charge in [-0.15, -0.1) is 0 Å².